The highest BCUT2D eigenvalue weighted by Crippen LogP contribution is 2.32. The Hall–Kier alpha value is -1.42. The van der Waals surface area contributed by atoms with Crippen LogP contribution in [0.2, 0.25) is 5.02 Å². The van der Waals surface area contributed by atoms with E-state index in [-0.39, 0.29) is 6.04 Å². The molecule has 1 aromatic carbocycles. The van der Waals surface area contributed by atoms with Crippen molar-refractivity contribution >= 4 is 33.0 Å². The molecule has 0 aliphatic rings. The van der Waals surface area contributed by atoms with Gasteiger partial charge in [-0.05, 0) is 47.5 Å². The highest BCUT2D eigenvalue weighted by molar-refractivity contribution is 7.17. The zero-order valence-electron chi connectivity index (χ0n) is 11.8. The fourth-order valence-electron chi connectivity index (χ4n) is 2.46. The molecule has 108 valence electrons. The third-order valence-corrected chi connectivity index (χ3v) is 4.67. The van der Waals surface area contributed by atoms with Crippen LogP contribution in [0.25, 0.3) is 10.1 Å². The van der Waals surface area contributed by atoms with Crippen LogP contribution in [0.3, 0.4) is 0 Å². The summed E-state index contributed by atoms with van der Waals surface area (Å²) in [6.45, 7) is 3.13. The van der Waals surface area contributed by atoms with E-state index in [9.17, 15) is 0 Å². The van der Waals surface area contributed by atoms with Crippen molar-refractivity contribution in [2.75, 3.05) is 6.54 Å². The Labute approximate surface area is 133 Å². The topological polar surface area (TPSA) is 24.9 Å². The van der Waals surface area contributed by atoms with E-state index in [1.807, 2.05) is 12.1 Å². The van der Waals surface area contributed by atoms with Crippen molar-refractivity contribution in [2.24, 2.45) is 0 Å². The first-order chi connectivity index (χ1) is 10.3. The van der Waals surface area contributed by atoms with E-state index in [0.717, 1.165) is 18.7 Å². The molecule has 0 aliphatic heterocycles. The maximum absolute atomic E-state index is 5.96. The second-order valence-electron chi connectivity index (χ2n) is 4.97. The van der Waals surface area contributed by atoms with Gasteiger partial charge in [-0.25, -0.2) is 0 Å². The quantitative estimate of drug-likeness (QED) is 0.713. The third-order valence-electron chi connectivity index (χ3n) is 3.46. The molecular weight excluding hydrogens is 300 g/mol. The van der Waals surface area contributed by atoms with E-state index in [1.54, 1.807) is 17.5 Å². The predicted molar refractivity (Wildman–Crippen MR) is 91.2 cm³/mol. The van der Waals surface area contributed by atoms with Crippen LogP contribution in [0.1, 0.15) is 30.6 Å². The molecule has 0 spiro atoms. The van der Waals surface area contributed by atoms with Crippen molar-refractivity contribution in [3.8, 4) is 0 Å². The second kappa shape index (κ2) is 6.56. The molecule has 1 atom stereocenters. The average molecular weight is 317 g/mol. The van der Waals surface area contributed by atoms with Crippen LogP contribution >= 0.6 is 22.9 Å². The zero-order chi connectivity index (χ0) is 14.7. The van der Waals surface area contributed by atoms with Gasteiger partial charge in [0.1, 0.15) is 0 Å². The summed E-state index contributed by atoms with van der Waals surface area (Å²) in [5, 5.41) is 7.70. The van der Waals surface area contributed by atoms with Gasteiger partial charge in [0.25, 0.3) is 0 Å². The number of thiophene rings is 1. The van der Waals surface area contributed by atoms with Gasteiger partial charge in [0.15, 0.2) is 0 Å². The van der Waals surface area contributed by atoms with Crippen LogP contribution in [0.5, 0.6) is 0 Å². The molecule has 0 amide bonds. The first kappa shape index (κ1) is 14.5. The van der Waals surface area contributed by atoms with Crippen LogP contribution < -0.4 is 5.32 Å². The number of pyridine rings is 1. The molecule has 2 nitrogen and oxygen atoms in total. The molecule has 0 fully saturated rings. The third kappa shape index (κ3) is 3.10. The first-order valence-electron chi connectivity index (χ1n) is 7.10. The summed E-state index contributed by atoms with van der Waals surface area (Å²) in [7, 11) is 0. The maximum Gasteiger partial charge on any atom is 0.0765 e. The van der Waals surface area contributed by atoms with Crippen LogP contribution in [0, 0.1) is 0 Å². The van der Waals surface area contributed by atoms with Gasteiger partial charge in [0, 0.05) is 10.9 Å². The van der Waals surface area contributed by atoms with Crippen LogP contribution in [0.15, 0.2) is 48.0 Å². The number of aromatic nitrogens is 1. The standard InChI is InChI=1S/C17H17ClN2S/c1-2-9-19-16(15-7-6-13(18)11-20-15)14-5-3-4-12-8-10-21-17(12)14/h3-8,10-11,16,19H,2,9H2,1H3. The number of nitrogens with one attached hydrogen (secondary N) is 1. The molecule has 2 aromatic heterocycles. The summed E-state index contributed by atoms with van der Waals surface area (Å²) in [6.07, 6.45) is 2.80. The molecule has 1 unspecified atom stereocenters. The Bertz CT molecular complexity index is 721. The number of fused-ring (bicyclic) bond motifs is 1. The highest BCUT2D eigenvalue weighted by Gasteiger charge is 2.17. The second-order valence-corrected chi connectivity index (χ2v) is 6.33. The van der Waals surface area contributed by atoms with Crippen LogP contribution in [-0.4, -0.2) is 11.5 Å². The summed E-state index contributed by atoms with van der Waals surface area (Å²) in [4.78, 5) is 4.51. The lowest BCUT2D eigenvalue weighted by Crippen LogP contribution is -2.24. The Morgan fingerprint density at radius 3 is 2.90 bits per heavy atom. The molecule has 3 aromatic rings. The lowest BCUT2D eigenvalue weighted by Gasteiger charge is -2.19. The normalized spacial score (nSPS) is 12.7. The van der Waals surface area contributed by atoms with Crippen molar-refractivity contribution in [1.82, 2.24) is 10.3 Å². The Morgan fingerprint density at radius 1 is 1.24 bits per heavy atom. The number of halogens is 1. The van der Waals surface area contributed by atoms with Crippen molar-refractivity contribution in [1.29, 1.82) is 0 Å². The SMILES string of the molecule is CCCNC(c1ccc(Cl)cn1)c1cccc2ccsc12. The van der Waals surface area contributed by atoms with Crippen LogP contribution in [0.4, 0.5) is 0 Å². The van der Waals surface area contributed by atoms with Gasteiger partial charge in [-0.1, -0.05) is 36.7 Å². The van der Waals surface area contributed by atoms with E-state index >= 15 is 0 Å². The largest absolute Gasteiger partial charge is 0.305 e. The van der Waals surface area contributed by atoms with Crippen molar-refractivity contribution in [3.05, 3.63) is 64.3 Å². The van der Waals surface area contributed by atoms with Crippen molar-refractivity contribution < 1.29 is 0 Å². The Balaban J connectivity index is 2.06. The van der Waals surface area contributed by atoms with Gasteiger partial charge in [0.2, 0.25) is 0 Å². The molecule has 0 radical (unpaired) electrons. The smallest absolute Gasteiger partial charge is 0.0765 e. The molecule has 0 bridgehead atoms. The Morgan fingerprint density at radius 2 is 2.14 bits per heavy atom. The van der Waals surface area contributed by atoms with Gasteiger partial charge in [-0.15, -0.1) is 11.3 Å². The highest BCUT2D eigenvalue weighted by atomic mass is 35.5. The van der Waals surface area contributed by atoms with Crippen molar-refractivity contribution in [2.45, 2.75) is 19.4 Å². The number of hydrogen-bond acceptors (Lipinski definition) is 3. The molecule has 2 heterocycles. The number of benzene rings is 1. The monoisotopic (exact) mass is 316 g/mol. The van der Waals surface area contributed by atoms with Gasteiger partial charge in [-0.3, -0.25) is 4.98 Å². The molecule has 0 saturated heterocycles. The van der Waals surface area contributed by atoms with Gasteiger partial charge in [-0.2, -0.15) is 0 Å². The molecule has 0 saturated carbocycles. The summed E-state index contributed by atoms with van der Waals surface area (Å²) >= 11 is 7.74. The molecule has 4 heteroatoms. The predicted octanol–water partition coefficient (Wildman–Crippen LogP) is 5.04. The minimum absolute atomic E-state index is 0.101. The lowest BCUT2D eigenvalue weighted by molar-refractivity contribution is 0.590. The first-order valence-corrected chi connectivity index (χ1v) is 8.36. The summed E-state index contributed by atoms with van der Waals surface area (Å²) in [6, 6.07) is 12.6. The van der Waals surface area contributed by atoms with E-state index in [1.165, 1.54) is 15.6 Å². The Kier molecular flexibility index (Phi) is 4.54. The molecule has 3 rings (SSSR count). The van der Waals surface area contributed by atoms with Gasteiger partial charge < -0.3 is 5.32 Å². The fraction of sp³-hybridized carbons (Fsp3) is 0.235. The minimum Gasteiger partial charge on any atom is -0.305 e. The summed E-state index contributed by atoms with van der Waals surface area (Å²) < 4.78 is 1.32. The summed E-state index contributed by atoms with van der Waals surface area (Å²) in [5.74, 6) is 0. The van der Waals surface area contributed by atoms with E-state index in [4.69, 9.17) is 11.6 Å². The number of nitrogens with zero attached hydrogens (tertiary/aromatic N) is 1. The van der Waals surface area contributed by atoms with E-state index < -0.39 is 0 Å². The van der Waals surface area contributed by atoms with E-state index in [2.05, 4.69) is 46.9 Å². The zero-order valence-corrected chi connectivity index (χ0v) is 13.4. The molecule has 1 N–H and O–H groups in total. The number of hydrogen-bond donors (Lipinski definition) is 1. The lowest BCUT2D eigenvalue weighted by atomic mass is 10.0. The summed E-state index contributed by atoms with van der Waals surface area (Å²) in [5.41, 5.74) is 2.29. The average Bonchev–Trinajstić information content (AvgIpc) is 2.98. The molecule has 0 aliphatic carbocycles. The molecule has 21 heavy (non-hydrogen) atoms. The fourth-order valence-corrected chi connectivity index (χ4v) is 3.52. The van der Waals surface area contributed by atoms with Crippen molar-refractivity contribution in [3.63, 3.8) is 0 Å². The van der Waals surface area contributed by atoms with E-state index in [0.29, 0.717) is 5.02 Å². The van der Waals surface area contributed by atoms with Gasteiger partial charge >= 0.3 is 0 Å². The number of rotatable bonds is 5. The maximum atomic E-state index is 5.96. The minimum atomic E-state index is 0.101. The molecular formula is C17H17ClN2S. The van der Waals surface area contributed by atoms with Crippen LogP contribution in [-0.2, 0) is 0 Å². The van der Waals surface area contributed by atoms with Gasteiger partial charge in [0.05, 0.1) is 16.8 Å².